The lowest BCUT2D eigenvalue weighted by Gasteiger charge is -2.18. The smallest absolute Gasteiger partial charge is 0.279 e. The van der Waals surface area contributed by atoms with Crippen molar-refractivity contribution in [3.05, 3.63) is 29.0 Å². The quantitative estimate of drug-likeness (QED) is 0.866. The van der Waals surface area contributed by atoms with Crippen molar-refractivity contribution in [2.45, 2.75) is 38.5 Å². The van der Waals surface area contributed by atoms with E-state index in [-0.39, 0.29) is 11.7 Å². The third-order valence-electron chi connectivity index (χ3n) is 3.14. The van der Waals surface area contributed by atoms with E-state index < -0.39 is 18.6 Å². The molecule has 2 aromatic heterocycles. The Bertz CT molecular complexity index is 690. The van der Waals surface area contributed by atoms with E-state index in [2.05, 4.69) is 10.1 Å². The van der Waals surface area contributed by atoms with E-state index in [4.69, 9.17) is 0 Å². The molecule has 2 heterocycles. The van der Waals surface area contributed by atoms with Gasteiger partial charge < -0.3 is 0 Å². The van der Waals surface area contributed by atoms with Crippen LogP contribution in [-0.2, 0) is 6.54 Å². The molecule has 0 atom stereocenters. The number of carbonyl (C=O) groups excluding carboxylic acids is 1. The van der Waals surface area contributed by atoms with Crippen LogP contribution in [0.4, 0.5) is 18.3 Å². The minimum absolute atomic E-state index is 0.00371. The zero-order valence-electron chi connectivity index (χ0n) is 11.7. The summed E-state index contributed by atoms with van der Waals surface area (Å²) >= 11 is 1.35. The molecule has 1 aliphatic carbocycles. The fourth-order valence-electron chi connectivity index (χ4n) is 2.06. The number of alkyl halides is 3. The van der Waals surface area contributed by atoms with Crippen molar-refractivity contribution in [2.75, 3.05) is 4.90 Å². The first-order valence-corrected chi connectivity index (χ1v) is 7.57. The van der Waals surface area contributed by atoms with Crippen LogP contribution >= 0.6 is 11.3 Å². The number of rotatable bonds is 4. The summed E-state index contributed by atoms with van der Waals surface area (Å²) in [6.07, 6.45) is -1.46. The van der Waals surface area contributed by atoms with E-state index >= 15 is 0 Å². The van der Waals surface area contributed by atoms with Gasteiger partial charge in [-0.05, 0) is 25.8 Å². The number of halogens is 3. The van der Waals surface area contributed by atoms with Gasteiger partial charge in [0, 0.05) is 17.6 Å². The summed E-state index contributed by atoms with van der Waals surface area (Å²) in [6, 6.07) is 1.37. The fourth-order valence-corrected chi connectivity index (χ4v) is 2.94. The lowest BCUT2D eigenvalue weighted by Crippen LogP contribution is -2.33. The Labute approximate surface area is 128 Å². The number of thiazole rings is 1. The zero-order valence-corrected chi connectivity index (χ0v) is 12.5. The standard InChI is InChI=1S/C13H13F3N4OS/c1-8-6-22-12(17-8)20(9-2-3-9)11(21)10-4-5-19(18-10)7-13(14,15)16/h4-6,9H,2-3,7H2,1H3. The molecule has 22 heavy (non-hydrogen) atoms. The summed E-state index contributed by atoms with van der Waals surface area (Å²) < 4.78 is 37.8. The molecule has 1 aliphatic rings. The number of anilines is 1. The highest BCUT2D eigenvalue weighted by atomic mass is 32.1. The van der Waals surface area contributed by atoms with Crippen LogP contribution in [0.3, 0.4) is 0 Å². The Morgan fingerprint density at radius 1 is 1.50 bits per heavy atom. The van der Waals surface area contributed by atoms with Crippen LogP contribution in [0.2, 0.25) is 0 Å². The van der Waals surface area contributed by atoms with Gasteiger partial charge in [0.25, 0.3) is 5.91 Å². The molecule has 9 heteroatoms. The molecule has 118 valence electrons. The molecular formula is C13H13F3N4OS. The number of hydrogen-bond donors (Lipinski definition) is 0. The number of carbonyl (C=O) groups is 1. The van der Waals surface area contributed by atoms with Crippen LogP contribution in [0, 0.1) is 6.92 Å². The summed E-state index contributed by atoms with van der Waals surface area (Å²) in [7, 11) is 0. The summed E-state index contributed by atoms with van der Waals surface area (Å²) in [5.41, 5.74) is 0.810. The number of nitrogens with zero attached hydrogens (tertiary/aromatic N) is 4. The van der Waals surface area contributed by atoms with E-state index in [1.807, 2.05) is 12.3 Å². The molecule has 0 spiro atoms. The van der Waals surface area contributed by atoms with Crippen molar-refractivity contribution in [1.29, 1.82) is 0 Å². The maximum atomic E-state index is 12.6. The minimum Gasteiger partial charge on any atom is -0.279 e. The second-order valence-corrected chi connectivity index (χ2v) is 6.03. The van der Waals surface area contributed by atoms with Gasteiger partial charge in [0.2, 0.25) is 0 Å². The van der Waals surface area contributed by atoms with Crippen molar-refractivity contribution < 1.29 is 18.0 Å². The molecule has 1 amide bonds. The van der Waals surface area contributed by atoms with Crippen LogP contribution < -0.4 is 4.90 Å². The third-order valence-corrected chi connectivity index (χ3v) is 4.10. The Balaban J connectivity index is 1.82. The first kappa shape index (κ1) is 15.0. The molecule has 0 aromatic carbocycles. The van der Waals surface area contributed by atoms with Gasteiger partial charge in [0.15, 0.2) is 10.8 Å². The van der Waals surface area contributed by atoms with Crippen LogP contribution in [-0.4, -0.2) is 32.9 Å². The fraction of sp³-hybridized carbons (Fsp3) is 0.462. The first-order valence-electron chi connectivity index (χ1n) is 6.69. The van der Waals surface area contributed by atoms with Crippen molar-refractivity contribution in [3.8, 4) is 0 Å². The Kier molecular flexibility index (Phi) is 3.67. The Morgan fingerprint density at radius 2 is 2.23 bits per heavy atom. The summed E-state index contributed by atoms with van der Waals surface area (Å²) in [6.45, 7) is 0.619. The molecule has 1 fully saturated rings. The summed E-state index contributed by atoms with van der Waals surface area (Å²) in [4.78, 5) is 18.4. The highest BCUT2D eigenvalue weighted by molar-refractivity contribution is 7.14. The molecule has 3 rings (SSSR count). The van der Waals surface area contributed by atoms with Gasteiger partial charge in [0.05, 0.1) is 5.69 Å². The van der Waals surface area contributed by atoms with E-state index in [1.54, 1.807) is 0 Å². The Morgan fingerprint density at radius 3 is 2.77 bits per heavy atom. The molecule has 0 aliphatic heterocycles. The monoisotopic (exact) mass is 330 g/mol. The van der Waals surface area contributed by atoms with Gasteiger partial charge in [-0.25, -0.2) is 4.98 Å². The first-order chi connectivity index (χ1) is 10.3. The highest BCUT2D eigenvalue weighted by Crippen LogP contribution is 2.34. The molecule has 0 bridgehead atoms. The van der Waals surface area contributed by atoms with Crippen molar-refractivity contribution in [2.24, 2.45) is 0 Å². The van der Waals surface area contributed by atoms with Gasteiger partial charge >= 0.3 is 6.18 Å². The zero-order chi connectivity index (χ0) is 15.9. The van der Waals surface area contributed by atoms with Crippen LogP contribution in [0.25, 0.3) is 0 Å². The van der Waals surface area contributed by atoms with Gasteiger partial charge in [0.1, 0.15) is 6.54 Å². The number of hydrogen-bond acceptors (Lipinski definition) is 4. The average molecular weight is 330 g/mol. The van der Waals surface area contributed by atoms with Crippen molar-refractivity contribution in [3.63, 3.8) is 0 Å². The molecule has 0 saturated heterocycles. The van der Waals surface area contributed by atoms with E-state index in [1.165, 1.54) is 28.5 Å². The predicted octanol–water partition coefficient (Wildman–Crippen LogP) is 3.02. The molecule has 1 saturated carbocycles. The molecule has 5 nitrogen and oxygen atoms in total. The summed E-state index contributed by atoms with van der Waals surface area (Å²) in [5.74, 6) is -0.405. The molecule has 0 unspecified atom stereocenters. The average Bonchev–Trinajstić information content (AvgIpc) is 2.97. The SMILES string of the molecule is Cc1csc(N(C(=O)c2ccn(CC(F)(F)F)n2)C2CC2)n1. The lowest BCUT2D eigenvalue weighted by molar-refractivity contribution is -0.142. The molecule has 2 aromatic rings. The second-order valence-electron chi connectivity index (χ2n) is 5.19. The predicted molar refractivity (Wildman–Crippen MR) is 75.0 cm³/mol. The minimum atomic E-state index is -4.37. The van der Waals surface area contributed by atoms with Gasteiger partial charge in [-0.15, -0.1) is 11.3 Å². The maximum Gasteiger partial charge on any atom is 0.408 e. The number of amides is 1. The van der Waals surface area contributed by atoms with Crippen LogP contribution in [0.15, 0.2) is 17.6 Å². The summed E-state index contributed by atoms with van der Waals surface area (Å²) in [5, 5.41) is 6.14. The van der Waals surface area contributed by atoms with Gasteiger partial charge in [-0.3, -0.25) is 14.4 Å². The molecule has 0 radical (unpaired) electrons. The van der Waals surface area contributed by atoms with Gasteiger partial charge in [-0.1, -0.05) is 0 Å². The maximum absolute atomic E-state index is 12.6. The topological polar surface area (TPSA) is 51.0 Å². The largest absolute Gasteiger partial charge is 0.408 e. The van der Waals surface area contributed by atoms with Crippen LogP contribution in [0.1, 0.15) is 29.0 Å². The lowest BCUT2D eigenvalue weighted by atomic mass is 10.3. The van der Waals surface area contributed by atoms with E-state index in [0.717, 1.165) is 23.2 Å². The molecule has 0 N–H and O–H groups in total. The van der Waals surface area contributed by atoms with Crippen molar-refractivity contribution >= 4 is 22.4 Å². The number of aryl methyl sites for hydroxylation is 1. The van der Waals surface area contributed by atoms with Gasteiger partial charge in [-0.2, -0.15) is 18.3 Å². The second kappa shape index (κ2) is 5.38. The third kappa shape index (κ3) is 3.29. The van der Waals surface area contributed by atoms with E-state index in [0.29, 0.717) is 5.13 Å². The molecular weight excluding hydrogens is 317 g/mol. The normalized spacial score (nSPS) is 15.1. The number of aromatic nitrogens is 3. The van der Waals surface area contributed by atoms with Crippen LogP contribution in [0.5, 0.6) is 0 Å². The Hall–Kier alpha value is -1.90. The van der Waals surface area contributed by atoms with Crippen molar-refractivity contribution in [1.82, 2.24) is 14.8 Å². The van der Waals surface area contributed by atoms with E-state index in [9.17, 15) is 18.0 Å². The highest BCUT2D eigenvalue weighted by Gasteiger charge is 2.37.